The van der Waals surface area contributed by atoms with Gasteiger partial charge in [-0.05, 0) is 44.4 Å². The van der Waals surface area contributed by atoms with Gasteiger partial charge in [0, 0.05) is 23.8 Å². The van der Waals surface area contributed by atoms with Gasteiger partial charge in [0.1, 0.15) is 5.78 Å². The number of carbonyl (C=O) groups excluding carboxylic acids is 3. The fraction of sp³-hybridized carbons (Fsp3) is 0.500. The molecule has 0 aromatic heterocycles. The maximum Gasteiger partial charge on any atom is 0.335 e. The van der Waals surface area contributed by atoms with Crippen LogP contribution in [0, 0.1) is 5.41 Å². The highest BCUT2D eigenvalue weighted by atomic mass is 16.5. The Morgan fingerprint density at radius 2 is 1.93 bits per heavy atom. The maximum atomic E-state index is 13.1. The molecule has 0 unspecified atom stereocenters. The Kier molecular flexibility index (Phi) is 4.73. The van der Waals surface area contributed by atoms with E-state index in [0.717, 1.165) is 23.4 Å². The summed E-state index contributed by atoms with van der Waals surface area (Å²) >= 11 is 0. The standard InChI is InChI=1S/C22H26N2O5/c1-13(25)21(9-8-17(26)28-2)12-14(19(27)29-3)18-22(10-11-23-20(21)22)15-6-4-5-7-16(15)24-18/h4-7,20,23-24H,8-12H2,1-3H3/t20-,21+,22-/m1/s1. The molecule has 1 spiro atoms. The summed E-state index contributed by atoms with van der Waals surface area (Å²) in [6.45, 7) is 2.27. The van der Waals surface area contributed by atoms with Crippen LogP contribution >= 0.6 is 0 Å². The molecule has 2 aliphatic heterocycles. The van der Waals surface area contributed by atoms with E-state index in [0.29, 0.717) is 18.5 Å². The minimum atomic E-state index is -0.906. The first kappa shape index (κ1) is 19.6. The molecular weight excluding hydrogens is 372 g/mol. The molecule has 1 aliphatic carbocycles. The zero-order chi connectivity index (χ0) is 20.8. The van der Waals surface area contributed by atoms with Crippen LogP contribution in [0.3, 0.4) is 0 Å². The van der Waals surface area contributed by atoms with Gasteiger partial charge in [0.25, 0.3) is 0 Å². The summed E-state index contributed by atoms with van der Waals surface area (Å²) in [6.07, 6.45) is 1.40. The smallest absolute Gasteiger partial charge is 0.335 e. The Balaban J connectivity index is 1.93. The Labute approximate surface area is 169 Å². The molecule has 2 heterocycles. The van der Waals surface area contributed by atoms with Crippen LogP contribution in [0.15, 0.2) is 35.5 Å². The quantitative estimate of drug-likeness (QED) is 0.734. The molecule has 0 amide bonds. The van der Waals surface area contributed by atoms with Crippen molar-refractivity contribution in [2.24, 2.45) is 5.41 Å². The number of benzene rings is 1. The number of Topliss-reactive ketones (excluding diaryl/α,β-unsaturated/α-hetero) is 1. The lowest BCUT2D eigenvalue weighted by atomic mass is 9.54. The van der Waals surface area contributed by atoms with E-state index in [4.69, 9.17) is 9.47 Å². The van der Waals surface area contributed by atoms with Crippen LogP contribution in [0.5, 0.6) is 0 Å². The molecule has 29 heavy (non-hydrogen) atoms. The second kappa shape index (κ2) is 6.99. The van der Waals surface area contributed by atoms with Crippen molar-refractivity contribution in [3.8, 4) is 0 Å². The third kappa shape index (κ3) is 2.64. The monoisotopic (exact) mass is 398 g/mol. The number of nitrogens with one attached hydrogen (secondary N) is 2. The van der Waals surface area contributed by atoms with Gasteiger partial charge < -0.3 is 20.1 Å². The summed E-state index contributed by atoms with van der Waals surface area (Å²) in [7, 11) is 2.70. The minimum Gasteiger partial charge on any atom is -0.469 e. The predicted molar refractivity (Wildman–Crippen MR) is 106 cm³/mol. The number of carbonyl (C=O) groups is 3. The van der Waals surface area contributed by atoms with Crippen molar-refractivity contribution in [2.75, 3.05) is 26.1 Å². The molecule has 1 aromatic carbocycles. The lowest BCUT2D eigenvalue weighted by molar-refractivity contribution is -0.142. The number of hydrogen-bond acceptors (Lipinski definition) is 7. The van der Waals surface area contributed by atoms with Gasteiger partial charge in [0.05, 0.1) is 30.6 Å². The number of anilines is 1. The maximum absolute atomic E-state index is 13.1. The van der Waals surface area contributed by atoms with Gasteiger partial charge in [0.2, 0.25) is 0 Å². The Morgan fingerprint density at radius 1 is 1.17 bits per heavy atom. The first-order valence-corrected chi connectivity index (χ1v) is 9.90. The third-order valence-electron chi connectivity index (χ3n) is 6.96. The van der Waals surface area contributed by atoms with E-state index in [1.54, 1.807) is 6.92 Å². The number of fused-ring (bicyclic) bond motifs is 1. The predicted octanol–water partition coefficient (Wildman–Crippen LogP) is 2.07. The summed E-state index contributed by atoms with van der Waals surface area (Å²) in [4.78, 5) is 37.9. The van der Waals surface area contributed by atoms with E-state index in [-0.39, 0.29) is 30.6 Å². The van der Waals surface area contributed by atoms with Gasteiger partial charge in [-0.25, -0.2) is 4.79 Å². The number of hydrogen-bond donors (Lipinski definition) is 2. The van der Waals surface area contributed by atoms with Crippen molar-refractivity contribution in [2.45, 2.75) is 44.1 Å². The van der Waals surface area contributed by atoms with Crippen LogP contribution in [0.1, 0.15) is 38.2 Å². The number of rotatable bonds is 5. The molecule has 1 fully saturated rings. The number of ketones is 1. The summed E-state index contributed by atoms with van der Waals surface area (Å²) in [5.41, 5.74) is 1.91. The normalized spacial score (nSPS) is 29.4. The molecule has 0 saturated carbocycles. The number of para-hydroxylation sites is 1. The van der Waals surface area contributed by atoms with Gasteiger partial charge in [-0.3, -0.25) is 9.59 Å². The van der Waals surface area contributed by atoms with Crippen molar-refractivity contribution in [1.82, 2.24) is 5.32 Å². The Hall–Kier alpha value is -2.67. The van der Waals surface area contributed by atoms with Crippen molar-refractivity contribution in [3.63, 3.8) is 0 Å². The lowest BCUT2D eigenvalue weighted by Crippen LogP contribution is -2.59. The number of esters is 2. The molecule has 154 valence electrons. The van der Waals surface area contributed by atoms with E-state index in [1.165, 1.54) is 14.2 Å². The molecule has 3 aliphatic rings. The highest BCUT2D eigenvalue weighted by molar-refractivity contribution is 5.96. The molecule has 1 aromatic rings. The van der Waals surface area contributed by atoms with Gasteiger partial charge >= 0.3 is 11.9 Å². The summed E-state index contributed by atoms with van der Waals surface area (Å²) in [5.74, 6) is -0.837. The minimum absolute atomic E-state index is 0.0370. The van der Waals surface area contributed by atoms with E-state index >= 15 is 0 Å². The van der Waals surface area contributed by atoms with Crippen LogP contribution in [0.25, 0.3) is 0 Å². The SMILES string of the molecule is COC(=O)CC[C@@]1(C(C)=O)CC(C(=O)OC)=C2Nc3ccccc3[C@]23CCN[C@H]13. The molecule has 7 nitrogen and oxygen atoms in total. The molecular formula is C22H26N2O5. The zero-order valence-electron chi connectivity index (χ0n) is 17.0. The van der Waals surface area contributed by atoms with Gasteiger partial charge in [-0.2, -0.15) is 0 Å². The Morgan fingerprint density at radius 3 is 2.62 bits per heavy atom. The fourth-order valence-corrected chi connectivity index (χ4v) is 5.63. The zero-order valence-corrected chi connectivity index (χ0v) is 17.0. The molecule has 0 bridgehead atoms. The average molecular weight is 398 g/mol. The van der Waals surface area contributed by atoms with E-state index < -0.39 is 16.8 Å². The summed E-state index contributed by atoms with van der Waals surface area (Å²) < 4.78 is 9.93. The second-order valence-electron chi connectivity index (χ2n) is 8.09. The molecule has 4 rings (SSSR count). The lowest BCUT2D eigenvalue weighted by Gasteiger charge is -2.49. The van der Waals surface area contributed by atoms with Gasteiger partial charge in [-0.15, -0.1) is 0 Å². The van der Waals surface area contributed by atoms with E-state index in [9.17, 15) is 14.4 Å². The topological polar surface area (TPSA) is 93.7 Å². The number of methoxy groups -OCH3 is 2. The molecule has 3 atom stereocenters. The van der Waals surface area contributed by atoms with Gasteiger partial charge in [0.15, 0.2) is 0 Å². The van der Waals surface area contributed by atoms with Crippen molar-refractivity contribution in [1.29, 1.82) is 0 Å². The third-order valence-corrected chi connectivity index (χ3v) is 6.96. The van der Waals surface area contributed by atoms with Crippen LogP contribution in [0.2, 0.25) is 0 Å². The molecule has 1 saturated heterocycles. The largest absolute Gasteiger partial charge is 0.469 e. The van der Waals surface area contributed by atoms with Crippen molar-refractivity contribution in [3.05, 3.63) is 41.1 Å². The van der Waals surface area contributed by atoms with Crippen LogP contribution in [-0.4, -0.2) is 44.5 Å². The van der Waals surface area contributed by atoms with Crippen molar-refractivity contribution >= 4 is 23.4 Å². The highest BCUT2D eigenvalue weighted by Gasteiger charge is 2.64. The van der Waals surface area contributed by atoms with Gasteiger partial charge in [-0.1, -0.05) is 18.2 Å². The molecule has 2 N–H and O–H groups in total. The molecule has 7 heteroatoms. The fourth-order valence-electron chi connectivity index (χ4n) is 5.63. The first-order chi connectivity index (χ1) is 13.9. The van der Waals surface area contributed by atoms with Crippen LogP contribution in [-0.2, 0) is 29.3 Å². The second-order valence-corrected chi connectivity index (χ2v) is 8.09. The summed E-state index contributed by atoms with van der Waals surface area (Å²) in [5, 5.41) is 7.01. The van der Waals surface area contributed by atoms with Crippen LogP contribution < -0.4 is 10.6 Å². The Bertz CT molecular complexity index is 924. The number of ether oxygens (including phenoxy) is 2. The first-order valence-electron chi connectivity index (χ1n) is 9.90. The summed E-state index contributed by atoms with van der Waals surface area (Å²) in [6, 6.07) is 7.75. The highest BCUT2D eigenvalue weighted by Crippen LogP contribution is 2.61. The van der Waals surface area contributed by atoms with Crippen molar-refractivity contribution < 1.29 is 23.9 Å². The molecule has 0 radical (unpaired) electrons. The van der Waals surface area contributed by atoms with E-state index in [2.05, 4.69) is 16.7 Å². The van der Waals surface area contributed by atoms with E-state index in [1.807, 2.05) is 18.2 Å². The average Bonchev–Trinajstić information content (AvgIpc) is 3.32. The van der Waals surface area contributed by atoms with Crippen LogP contribution in [0.4, 0.5) is 5.69 Å².